The zero-order valence-electron chi connectivity index (χ0n) is 17.5. The zero-order chi connectivity index (χ0) is 22.1. The Morgan fingerprint density at radius 1 is 1.16 bits per heavy atom. The van der Waals surface area contributed by atoms with Crippen LogP contribution in [0.25, 0.3) is 22.0 Å². The Balaban J connectivity index is 1.28. The first kappa shape index (κ1) is 20.8. The van der Waals surface area contributed by atoms with E-state index in [-0.39, 0.29) is 24.9 Å². The Morgan fingerprint density at radius 2 is 1.94 bits per heavy atom. The van der Waals surface area contributed by atoms with E-state index >= 15 is 0 Å². The third kappa shape index (κ3) is 4.59. The van der Waals surface area contributed by atoms with Crippen LogP contribution in [-0.2, 0) is 17.8 Å². The van der Waals surface area contributed by atoms with Crippen LogP contribution >= 0.6 is 22.9 Å². The van der Waals surface area contributed by atoms with Crippen molar-refractivity contribution in [3.63, 3.8) is 0 Å². The molecule has 1 amide bonds. The van der Waals surface area contributed by atoms with Crippen molar-refractivity contribution in [1.29, 1.82) is 0 Å². The summed E-state index contributed by atoms with van der Waals surface area (Å²) in [7, 11) is 0. The minimum atomic E-state index is 0.0192. The molecule has 8 heteroatoms. The number of thiazole rings is 1. The summed E-state index contributed by atoms with van der Waals surface area (Å²) in [5, 5.41) is 11.7. The van der Waals surface area contributed by atoms with E-state index in [9.17, 15) is 4.79 Å². The maximum absolute atomic E-state index is 13.1. The Hall–Kier alpha value is -3.03. The number of amides is 1. The van der Waals surface area contributed by atoms with Crippen LogP contribution in [0.15, 0.2) is 58.3 Å². The Labute approximate surface area is 194 Å². The average molecular weight is 465 g/mol. The molecule has 2 heterocycles. The highest BCUT2D eigenvalue weighted by Crippen LogP contribution is 2.31. The van der Waals surface area contributed by atoms with Crippen molar-refractivity contribution >= 4 is 28.8 Å². The molecule has 0 saturated heterocycles. The molecule has 0 aliphatic heterocycles. The molecule has 1 fully saturated rings. The fourth-order valence-corrected chi connectivity index (χ4v) is 4.53. The van der Waals surface area contributed by atoms with E-state index in [4.69, 9.17) is 16.0 Å². The Kier molecular flexibility index (Phi) is 5.76. The lowest BCUT2D eigenvalue weighted by Crippen LogP contribution is -2.34. The molecule has 5 rings (SSSR count). The van der Waals surface area contributed by atoms with Gasteiger partial charge in [0.25, 0.3) is 0 Å². The Bertz CT molecular complexity index is 1250. The molecular formula is C24H21ClN4O2S. The fraction of sp³-hybridized carbons (Fsp3) is 0.250. The molecule has 0 unspecified atom stereocenters. The molecule has 1 aliphatic rings. The highest BCUT2D eigenvalue weighted by Gasteiger charge is 2.34. The van der Waals surface area contributed by atoms with E-state index in [1.54, 1.807) is 17.4 Å². The minimum absolute atomic E-state index is 0.0192. The monoisotopic (exact) mass is 464 g/mol. The van der Waals surface area contributed by atoms with Gasteiger partial charge in [0.15, 0.2) is 0 Å². The van der Waals surface area contributed by atoms with Crippen LogP contribution in [0.4, 0.5) is 0 Å². The van der Waals surface area contributed by atoms with Gasteiger partial charge >= 0.3 is 0 Å². The Morgan fingerprint density at radius 3 is 2.69 bits per heavy atom. The zero-order valence-corrected chi connectivity index (χ0v) is 19.1. The highest BCUT2D eigenvalue weighted by atomic mass is 35.5. The first-order chi connectivity index (χ1) is 15.6. The van der Waals surface area contributed by atoms with Gasteiger partial charge in [0.05, 0.1) is 29.2 Å². The van der Waals surface area contributed by atoms with Crippen molar-refractivity contribution < 1.29 is 9.21 Å². The molecule has 1 saturated carbocycles. The van der Waals surface area contributed by atoms with Crippen molar-refractivity contribution in [3.8, 4) is 22.0 Å². The molecule has 0 spiro atoms. The molecular weight excluding hydrogens is 444 g/mol. The molecule has 1 aliphatic carbocycles. The van der Waals surface area contributed by atoms with Crippen LogP contribution < -0.4 is 0 Å². The highest BCUT2D eigenvalue weighted by molar-refractivity contribution is 7.13. The number of benzene rings is 2. The summed E-state index contributed by atoms with van der Waals surface area (Å²) in [6, 6.07) is 15.8. The first-order valence-corrected chi connectivity index (χ1v) is 11.7. The number of rotatable bonds is 7. The number of aryl methyl sites for hydroxylation is 1. The van der Waals surface area contributed by atoms with E-state index in [1.807, 2.05) is 28.5 Å². The predicted molar refractivity (Wildman–Crippen MR) is 124 cm³/mol. The van der Waals surface area contributed by atoms with Gasteiger partial charge in [-0.3, -0.25) is 4.79 Å². The smallest absolute Gasteiger partial charge is 0.249 e. The molecule has 0 bridgehead atoms. The van der Waals surface area contributed by atoms with E-state index in [2.05, 4.69) is 46.4 Å². The SMILES string of the molecule is Cc1ccc(-c2nc(CC(=O)N(Cc3nnc(-c4ccccc4Cl)o3)C3CC3)cs2)cc1. The summed E-state index contributed by atoms with van der Waals surface area (Å²) in [5.41, 5.74) is 3.74. The summed E-state index contributed by atoms with van der Waals surface area (Å²) in [6.07, 6.45) is 2.23. The number of halogens is 1. The van der Waals surface area contributed by atoms with E-state index < -0.39 is 0 Å². The lowest BCUT2D eigenvalue weighted by Gasteiger charge is -2.20. The molecule has 162 valence electrons. The summed E-state index contributed by atoms with van der Waals surface area (Å²) in [4.78, 5) is 19.6. The van der Waals surface area contributed by atoms with E-state index in [0.29, 0.717) is 22.4 Å². The lowest BCUT2D eigenvalue weighted by atomic mass is 10.2. The topological polar surface area (TPSA) is 72.1 Å². The maximum Gasteiger partial charge on any atom is 0.249 e. The van der Waals surface area contributed by atoms with Crippen LogP contribution in [0.1, 0.15) is 30.0 Å². The predicted octanol–water partition coefficient (Wildman–Crippen LogP) is 5.56. The normalized spacial score (nSPS) is 13.3. The van der Waals surface area contributed by atoms with Gasteiger partial charge < -0.3 is 9.32 Å². The third-order valence-corrected chi connectivity index (χ3v) is 6.64. The second-order valence-corrected chi connectivity index (χ2v) is 9.19. The van der Waals surface area contributed by atoms with Crippen LogP contribution in [0.3, 0.4) is 0 Å². The summed E-state index contributed by atoms with van der Waals surface area (Å²) in [6.45, 7) is 2.35. The number of hydrogen-bond donors (Lipinski definition) is 0. The molecule has 0 atom stereocenters. The molecule has 4 aromatic rings. The van der Waals surface area contributed by atoms with Gasteiger partial charge in [0, 0.05) is 17.0 Å². The average Bonchev–Trinajstić information content (AvgIpc) is 3.34. The molecule has 2 aromatic carbocycles. The first-order valence-electron chi connectivity index (χ1n) is 10.4. The molecule has 32 heavy (non-hydrogen) atoms. The minimum Gasteiger partial charge on any atom is -0.419 e. The second-order valence-electron chi connectivity index (χ2n) is 7.92. The second kappa shape index (κ2) is 8.84. The van der Waals surface area contributed by atoms with Crippen molar-refractivity contribution in [2.24, 2.45) is 0 Å². The van der Waals surface area contributed by atoms with Crippen LogP contribution in [0, 0.1) is 6.92 Å². The summed E-state index contributed by atoms with van der Waals surface area (Å²) >= 11 is 7.79. The van der Waals surface area contributed by atoms with Gasteiger partial charge in [0.1, 0.15) is 5.01 Å². The molecule has 0 N–H and O–H groups in total. The van der Waals surface area contributed by atoms with Gasteiger partial charge in [-0.1, -0.05) is 53.6 Å². The van der Waals surface area contributed by atoms with Crippen LogP contribution in [0.5, 0.6) is 0 Å². The fourth-order valence-electron chi connectivity index (χ4n) is 3.49. The van der Waals surface area contributed by atoms with Crippen molar-refractivity contribution in [2.75, 3.05) is 0 Å². The molecule has 0 radical (unpaired) electrons. The van der Waals surface area contributed by atoms with E-state index in [0.717, 1.165) is 29.1 Å². The maximum atomic E-state index is 13.1. The van der Waals surface area contributed by atoms with Gasteiger partial charge in [-0.15, -0.1) is 21.5 Å². The van der Waals surface area contributed by atoms with Crippen molar-refractivity contribution in [3.05, 3.63) is 76.1 Å². The van der Waals surface area contributed by atoms with Crippen molar-refractivity contribution in [2.45, 2.75) is 38.8 Å². The quantitative estimate of drug-likeness (QED) is 0.358. The number of carbonyl (C=O) groups excluding carboxylic acids is 1. The van der Waals surface area contributed by atoms with Gasteiger partial charge in [-0.05, 0) is 31.9 Å². The van der Waals surface area contributed by atoms with Crippen molar-refractivity contribution in [1.82, 2.24) is 20.1 Å². The molecule has 2 aromatic heterocycles. The molecule has 6 nitrogen and oxygen atoms in total. The van der Waals surface area contributed by atoms with Crippen LogP contribution in [0.2, 0.25) is 5.02 Å². The summed E-state index contributed by atoms with van der Waals surface area (Å²) in [5.74, 6) is 0.778. The number of nitrogens with zero attached hydrogens (tertiary/aromatic N) is 4. The van der Waals surface area contributed by atoms with Crippen LogP contribution in [-0.4, -0.2) is 32.0 Å². The third-order valence-electron chi connectivity index (χ3n) is 5.37. The number of carbonyl (C=O) groups is 1. The van der Waals surface area contributed by atoms with E-state index in [1.165, 1.54) is 5.56 Å². The largest absolute Gasteiger partial charge is 0.419 e. The number of aromatic nitrogens is 3. The van der Waals surface area contributed by atoms with Gasteiger partial charge in [-0.25, -0.2) is 4.98 Å². The standard InChI is InChI=1S/C24H21ClN4O2S/c1-15-6-8-16(9-7-15)24-26-17(14-32-24)12-22(30)29(18-10-11-18)13-21-27-28-23(31-21)19-4-2-3-5-20(19)25/h2-9,14,18H,10-13H2,1H3. The summed E-state index contributed by atoms with van der Waals surface area (Å²) < 4.78 is 5.82. The lowest BCUT2D eigenvalue weighted by molar-refractivity contribution is -0.132. The van der Waals surface area contributed by atoms with Gasteiger partial charge in [0.2, 0.25) is 17.7 Å². The van der Waals surface area contributed by atoms with Gasteiger partial charge in [-0.2, -0.15) is 0 Å². The number of hydrogen-bond acceptors (Lipinski definition) is 6.